The third-order valence-electron chi connectivity index (χ3n) is 1.69. The molecule has 0 aromatic carbocycles. The SMILES string of the molecule is CC1C(F)=C(F)C(I)=C(F)C1F. The minimum Gasteiger partial charge on any atom is -0.239 e. The van der Waals surface area contributed by atoms with Crippen molar-refractivity contribution in [2.24, 2.45) is 5.92 Å². The van der Waals surface area contributed by atoms with Crippen LogP contribution in [0.3, 0.4) is 0 Å². The van der Waals surface area contributed by atoms with Crippen LogP contribution >= 0.6 is 22.6 Å². The lowest BCUT2D eigenvalue weighted by molar-refractivity contribution is 0.231. The van der Waals surface area contributed by atoms with Crippen molar-refractivity contribution in [2.75, 3.05) is 0 Å². The van der Waals surface area contributed by atoms with Crippen LogP contribution in [-0.2, 0) is 0 Å². The molecule has 5 heteroatoms. The van der Waals surface area contributed by atoms with Gasteiger partial charge in [-0.25, -0.2) is 17.6 Å². The van der Waals surface area contributed by atoms with E-state index in [1.54, 1.807) is 0 Å². The van der Waals surface area contributed by atoms with E-state index in [1.165, 1.54) is 22.6 Å². The van der Waals surface area contributed by atoms with Gasteiger partial charge in [-0.1, -0.05) is 6.92 Å². The monoisotopic (exact) mass is 292 g/mol. The second kappa shape index (κ2) is 3.35. The summed E-state index contributed by atoms with van der Waals surface area (Å²) in [7, 11) is 0. The number of rotatable bonds is 0. The van der Waals surface area contributed by atoms with E-state index in [-0.39, 0.29) is 0 Å². The fourth-order valence-electron chi connectivity index (χ4n) is 0.879. The van der Waals surface area contributed by atoms with Crippen LogP contribution in [0, 0.1) is 5.92 Å². The highest BCUT2D eigenvalue weighted by molar-refractivity contribution is 14.1. The topological polar surface area (TPSA) is 0 Å². The molecule has 1 rings (SSSR count). The summed E-state index contributed by atoms with van der Waals surface area (Å²) in [6.45, 7) is 1.10. The molecule has 12 heavy (non-hydrogen) atoms. The third-order valence-corrected chi connectivity index (χ3v) is 2.68. The van der Waals surface area contributed by atoms with Crippen LogP contribution in [0.1, 0.15) is 6.92 Å². The first-order valence-corrected chi connectivity index (χ1v) is 4.29. The smallest absolute Gasteiger partial charge is 0.171 e. The summed E-state index contributed by atoms with van der Waals surface area (Å²) in [4.78, 5) is 0. The molecule has 0 N–H and O–H groups in total. The predicted octanol–water partition coefficient (Wildman–Crippen LogP) is 3.74. The number of halogens is 5. The highest BCUT2D eigenvalue weighted by atomic mass is 127. The second-order valence-electron chi connectivity index (χ2n) is 2.51. The van der Waals surface area contributed by atoms with Crippen LogP contribution in [0.15, 0.2) is 21.1 Å². The van der Waals surface area contributed by atoms with Gasteiger partial charge in [-0.3, -0.25) is 0 Å². The van der Waals surface area contributed by atoms with E-state index < -0.39 is 33.2 Å². The molecule has 1 aliphatic rings. The fourth-order valence-corrected chi connectivity index (χ4v) is 1.43. The minimum absolute atomic E-state index is 0.601. The third kappa shape index (κ3) is 1.38. The van der Waals surface area contributed by atoms with Crippen LogP contribution in [0.2, 0.25) is 0 Å². The van der Waals surface area contributed by atoms with Gasteiger partial charge < -0.3 is 0 Å². The minimum atomic E-state index is -2.06. The summed E-state index contributed by atoms with van der Waals surface area (Å²) in [5.74, 6) is -5.08. The molecule has 0 nitrogen and oxygen atoms in total. The van der Waals surface area contributed by atoms with Crippen molar-refractivity contribution < 1.29 is 17.6 Å². The van der Waals surface area contributed by atoms with Crippen molar-refractivity contribution in [1.82, 2.24) is 0 Å². The molecule has 0 amide bonds. The number of hydrogen-bond acceptors (Lipinski definition) is 0. The zero-order valence-electron chi connectivity index (χ0n) is 6.04. The van der Waals surface area contributed by atoms with E-state index in [0.29, 0.717) is 0 Å². The van der Waals surface area contributed by atoms with Gasteiger partial charge in [-0.05, 0) is 22.6 Å². The van der Waals surface area contributed by atoms with Gasteiger partial charge in [0.1, 0.15) is 5.83 Å². The number of allylic oxidation sites excluding steroid dienone is 4. The molecule has 2 atom stereocenters. The number of alkyl halides is 1. The van der Waals surface area contributed by atoms with Crippen LogP contribution in [-0.4, -0.2) is 6.17 Å². The van der Waals surface area contributed by atoms with Crippen molar-refractivity contribution in [3.8, 4) is 0 Å². The van der Waals surface area contributed by atoms with Crippen molar-refractivity contribution in [3.05, 3.63) is 21.1 Å². The first-order chi connectivity index (χ1) is 5.46. The zero-order chi connectivity index (χ0) is 9.46. The molecule has 0 radical (unpaired) electrons. The van der Waals surface area contributed by atoms with Gasteiger partial charge >= 0.3 is 0 Å². The van der Waals surface area contributed by atoms with Crippen LogP contribution in [0.4, 0.5) is 17.6 Å². The lowest BCUT2D eigenvalue weighted by atomic mass is 9.98. The average molecular weight is 292 g/mol. The summed E-state index contributed by atoms with van der Waals surface area (Å²) < 4.78 is 50.2. The maximum atomic E-state index is 12.8. The average Bonchev–Trinajstić information content (AvgIpc) is 2.08. The zero-order valence-corrected chi connectivity index (χ0v) is 8.20. The van der Waals surface area contributed by atoms with Gasteiger partial charge in [0.2, 0.25) is 0 Å². The van der Waals surface area contributed by atoms with Crippen molar-refractivity contribution in [1.29, 1.82) is 0 Å². The molecule has 0 saturated heterocycles. The lowest BCUT2D eigenvalue weighted by Crippen LogP contribution is -2.19. The quantitative estimate of drug-likeness (QED) is 0.471. The largest absolute Gasteiger partial charge is 0.239 e. The van der Waals surface area contributed by atoms with Crippen molar-refractivity contribution in [2.45, 2.75) is 13.1 Å². The maximum Gasteiger partial charge on any atom is 0.171 e. The van der Waals surface area contributed by atoms with Gasteiger partial charge in [0, 0.05) is 5.92 Å². The Balaban J connectivity index is 3.18. The molecular weight excluding hydrogens is 287 g/mol. The molecule has 0 heterocycles. The molecule has 0 aromatic rings. The van der Waals surface area contributed by atoms with E-state index in [4.69, 9.17) is 0 Å². The highest BCUT2D eigenvalue weighted by Gasteiger charge is 2.35. The van der Waals surface area contributed by atoms with Crippen LogP contribution in [0.5, 0.6) is 0 Å². The molecule has 0 aromatic heterocycles. The van der Waals surface area contributed by atoms with Gasteiger partial charge in [-0.15, -0.1) is 0 Å². The van der Waals surface area contributed by atoms with Gasteiger partial charge in [0.15, 0.2) is 17.8 Å². The van der Waals surface area contributed by atoms with Crippen molar-refractivity contribution in [3.63, 3.8) is 0 Å². The Morgan fingerprint density at radius 1 is 1.17 bits per heavy atom. The van der Waals surface area contributed by atoms with Gasteiger partial charge in [0.25, 0.3) is 0 Å². The molecule has 68 valence electrons. The van der Waals surface area contributed by atoms with Crippen molar-refractivity contribution >= 4 is 22.6 Å². The molecule has 0 fully saturated rings. The molecule has 0 spiro atoms. The Bertz CT molecular complexity index is 241. The normalized spacial score (nSPS) is 31.5. The van der Waals surface area contributed by atoms with Gasteiger partial charge in [-0.2, -0.15) is 0 Å². The van der Waals surface area contributed by atoms with E-state index in [2.05, 4.69) is 0 Å². The maximum absolute atomic E-state index is 12.8. The summed E-state index contributed by atoms with van der Waals surface area (Å²) in [6.07, 6.45) is -2.06. The van der Waals surface area contributed by atoms with E-state index in [1.807, 2.05) is 0 Å². The summed E-state index contributed by atoms with van der Waals surface area (Å²) in [5.41, 5.74) is 0. The van der Waals surface area contributed by atoms with E-state index >= 15 is 0 Å². The molecule has 2 unspecified atom stereocenters. The number of hydrogen-bond donors (Lipinski definition) is 0. The first-order valence-electron chi connectivity index (χ1n) is 3.21. The summed E-state index contributed by atoms with van der Waals surface area (Å²) in [6, 6.07) is 0. The molecule has 0 aliphatic heterocycles. The Morgan fingerprint density at radius 2 is 1.67 bits per heavy atom. The van der Waals surface area contributed by atoms with Crippen LogP contribution in [0.25, 0.3) is 0 Å². The Hall–Kier alpha value is -0.0700. The summed E-state index contributed by atoms with van der Waals surface area (Å²) >= 11 is 1.24. The lowest BCUT2D eigenvalue weighted by Gasteiger charge is -2.19. The molecular formula is C7H5F4I. The Labute approximate surface area is 80.5 Å². The Morgan fingerprint density at radius 3 is 2.17 bits per heavy atom. The highest BCUT2D eigenvalue weighted by Crippen LogP contribution is 2.41. The van der Waals surface area contributed by atoms with E-state index in [0.717, 1.165) is 6.92 Å². The molecule has 0 bridgehead atoms. The van der Waals surface area contributed by atoms with Crippen LogP contribution < -0.4 is 0 Å². The predicted molar refractivity (Wildman–Crippen MR) is 45.5 cm³/mol. The second-order valence-corrected chi connectivity index (χ2v) is 3.59. The van der Waals surface area contributed by atoms with E-state index in [9.17, 15) is 17.6 Å². The fraction of sp³-hybridized carbons (Fsp3) is 0.429. The van der Waals surface area contributed by atoms with Gasteiger partial charge in [0.05, 0.1) is 3.58 Å². The molecule has 1 aliphatic carbocycles. The Kier molecular flexibility index (Phi) is 2.80. The molecule has 0 saturated carbocycles. The first kappa shape index (κ1) is 10.0. The summed E-state index contributed by atoms with van der Waals surface area (Å²) in [5, 5.41) is 0. The standard InChI is InChI=1S/C7H5F4I/c1-2-3(8)5(10)7(12)6(11)4(2)9/h2-3H,1H3.